The number of nitrogens with zero attached hydrogens (tertiary/aromatic N) is 5. The van der Waals surface area contributed by atoms with E-state index in [0.717, 1.165) is 12.0 Å². The SMILES string of the molecule is O=C(Cn1c(=O)oc2ccccc21)N1CCC(c2noc(-c3cccnc3)n2)C1. The fourth-order valence-corrected chi connectivity index (χ4v) is 3.60. The highest BCUT2D eigenvalue weighted by atomic mass is 16.5. The number of aromatic nitrogens is 4. The standard InChI is InChI=1S/C20H17N5O4/c26-17(12-25-15-5-1-2-6-16(15)28-20(25)27)24-9-7-14(11-24)18-22-19(29-23-18)13-4-3-8-21-10-13/h1-6,8,10,14H,7,9,11-12H2. The van der Waals surface area contributed by atoms with Gasteiger partial charge in [0.2, 0.25) is 5.91 Å². The van der Waals surface area contributed by atoms with Gasteiger partial charge in [-0.1, -0.05) is 17.3 Å². The Bertz CT molecular complexity index is 1230. The quantitative estimate of drug-likeness (QED) is 0.524. The summed E-state index contributed by atoms with van der Waals surface area (Å²) in [5.41, 5.74) is 1.84. The molecule has 4 aromatic rings. The van der Waals surface area contributed by atoms with Crippen LogP contribution >= 0.6 is 0 Å². The second-order valence-electron chi connectivity index (χ2n) is 6.95. The van der Waals surface area contributed by atoms with Crippen LogP contribution in [0.3, 0.4) is 0 Å². The van der Waals surface area contributed by atoms with E-state index in [1.165, 1.54) is 4.57 Å². The number of likely N-dealkylation sites (tertiary alicyclic amines) is 1. The highest BCUT2D eigenvalue weighted by Crippen LogP contribution is 2.27. The number of rotatable bonds is 4. The molecule has 0 radical (unpaired) electrons. The van der Waals surface area contributed by atoms with Gasteiger partial charge in [-0.3, -0.25) is 14.3 Å². The van der Waals surface area contributed by atoms with Crippen molar-refractivity contribution < 1.29 is 13.7 Å². The van der Waals surface area contributed by atoms with E-state index in [2.05, 4.69) is 15.1 Å². The third-order valence-corrected chi connectivity index (χ3v) is 5.12. The lowest BCUT2D eigenvalue weighted by molar-refractivity contribution is -0.130. The predicted molar refractivity (Wildman–Crippen MR) is 102 cm³/mol. The molecular formula is C20H17N5O4. The normalized spacial score (nSPS) is 16.6. The van der Waals surface area contributed by atoms with Gasteiger partial charge in [0.25, 0.3) is 5.89 Å². The highest BCUT2D eigenvalue weighted by molar-refractivity contribution is 5.79. The molecule has 0 saturated carbocycles. The van der Waals surface area contributed by atoms with Crippen LogP contribution in [0.25, 0.3) is 22.6 Å². The molecule has 1 fully saturated rings. The highest BCUT2D eigenvalue weighted by Gasteiger charge is 2.31. The van der Waals surface area contributed by atoms with Gasteiger partial charge >= 0.3 is 5.76 Å². The van der Waals surface area contributed by atoms with Gasteiger partial charge in [0.15, 0.2) is 11.4 Å². The van der Waals surface area contributed by atoms with Crippen molar-refractivity contribution in [2.24, 2.45) is 0 Å². The molecule has 9 heteroatoms. The number of para-hydroxylation sites is 2. The molecule has 1 atom stereocenters. The summed E-state index contributed by atoms with van der Waals surface area (Å²) in [5, 5.41) is 4.08. The Hall–Kier alpha value is -3.75. The molecule has 1 aliphatic heterocycles. The molecule has 1 aromatic carbocycles. The minimum absolute atomic E-state index is 0.00839. The monoisotopic (exact) mass is 391 g/mol. The molecule has 3 aromatic heterocycles. The van der Waals surface area contributed by atoms with Crippen molar-refractivity contribution in [3.05, 3.63) is 65.2 Å². The summed E-state index contributed by atoms with van der Waals surface area (Å²) in [6, 6.07) is 10.7. The van der Waals surface area contributed by atoms with Crippen molar-refractivity contribution in [1.82, 2.24) is 24.6 Å². The van der Waals surface area contributed by atoms with Crippen molar-refractivity contribution in [1.29, 1.82) is 0 Å². The second kappa shape index (κ2) is 7.01. The number of oxazole rings is 1. The molecule has 0 aliphatic carbocycles. The number of hydrogen-bond acceptors (Lipinski definition) is 7. The smallest absolute Gasteiger partial charge is 0.408 e. The zero-order chi connectivity index (χ0) is 19.8. The molecule has 0 bridgehead atoms. The van der Waals surface area contributed by atoms with Crippen LogP contribution in [0.4, 0.5) is 0 Å². The van der Waals surface area contributed by atoms with Crippen molar-refractivity contribution >= 4 is 17.0 Å². The summed E-state index contributed by atoms with van der Waals surface area (Å²) in [6.07, 6.45) is 4.07. The molecule has 1 unspecified atom stereocenters. The first kappa shape index (κ1) is 17.4. The maximum Gasteiger partial charge on any atom is 0.420 e. The van der Waals surface area contributed by atoms with Gasteiger partial charge in [-0.15, -0.1) is 0 Å². The number of fused-ring (bicyclic) bond motifs is 1. The predicted octanol–water partition coefficient (Wildman–Crippen LogP) is 2.06. The van der Waals surface area contributed by atoms with Crippen LogP contribution in [0.15, 0.2) is 62.5 Å². The summed E-state index contributed by atoms with van der Waals surface area (Å²) in [4.78, 5) is 35.1. The van der Waals surface area contributed by atoms with Gasteiger partial charge in [-0.05, 0) is 30.7 Å². The van der Waals surface area contributed by atoms with Crippen molar-refractivity contribution in [3.8, 4) is 11.5 Å². The number of pyridine rings is 1. The summed E-state index contributed by atoms with van der Waals surface area (Å²) >= 11 is 0. The first-order valence-electron chi connectivity index (χ1n) is 9.29. The molecule has 1 saturated heterocycles. The zero-order valence-corrected chi connectivity index (χ0v) is 15.4. The Morgan fingerprint density at radius 1 is 1.21 bits per heavy atom. The van der Waals surface area contributed by atoms with Crippen molar-refractivity contribution in [2.45, 2.75) is 18.9 Å². The Labute approximate surface area is 164 Å². The maximum absolute atomic E-state index is 12.8. The molecule has 5 rings (SSSR count). The number of benzene rings is 1. The average molecular weight is 391 g/mol. The van der Waals surface area contributed by atoms with Crippen LogP contribution < -0.4 is 5.76 Å². The minimum atomic E-state index is -0.533. The van der Waals surface area contributed by atoms with Gasteiger partial charge < -0.3 is 13.8 Å². The topological polar surface area (TPSA) is 107 Å². The summed E-state index contributed by atoms with van der Waals surface area (Å²) in [7, 11) is 0. The molecular weight excluding hydrogens is 374 g/mol. The number of amides is 1. The summed E-state index contributed by atoms with van der Waals surface area (Å²) in [6.45, 7) is 0.996. The van der Waals surface area contributed by atoms with Crippen LogP contribution in [0.5, 0.6) is 0 Å². The number of carbonyl (C=O) groups excluding carboxylic acids is 1. The van der Waals surface area contributed by atoms with E-state index < -0.39 is 5.76 Å². The van der Waals surface area contributed by atoms with Gasteiger partial charge in [0.1, 0.15) is 6.54 Å². The van der Waals surface area contributed by atoms with Crippen LogP contribution in [-0.2, 0) is 11.3 Å². The summed E-state index contributed by atoms with van der Waals surface area (Å²) < 4.78 is 11.9. The molecule has 146 valence electrons. The van der Waals surface area contributed by atoms with Crippen LogP contribution in [0.1, 0.15) is 18.2 Å². The molecule has 9 nitrogen and oxygen atoms in total. The second-order valence-corrected chi connectivity index (χ2v) is 6.95. The van der Waals surface area contributed by atoms with E-state index in [-0.39, 0.29) is 18.4 Å². The van der Waals surface area contributed by atoms with Crippen LogP contribution in [0, 0.1) is 0 Å². The first-order valence-corrected chi connectivity index (χ1v) is 9.29. The van der Waals surface area contributed by atoms with Crippen LogP contribution in [-0.4, -0.2) is 43.6 Å². The summed E-state index contributed by atoms with van der Waals surface area (Å²) in [5.74, 6) is 0.303. The van der Waals surface area contributed by atoms with E-state index in [0.29, 0.717) is 35.9 Å². The average Bonchev–Trinajstić information content (AvgIpc) is 3.48. The number of carbonyl (C=O) groups is 1. The van der Waals surface area contributed by atoms with E-state index in [4.69, 9.17) is 8.94 Å². The fourth-order valence-electron chi connectivity index (χ4n) is 3.60. The molecule has 29 heavy (non-hydrogen) atoms. The van der Waals surface area contributed by atoms with Gasteiger partial charge in [-0.2, -0.15) is 4.98 Å². The maximum atomic E-state index is 12.8. The fraction of sp³-hybridized carbons (Fsp3) is 0.250. The molecule has 0 spiro atoms. The first-order chi connectivity index (χ1) is 14.2. The van der Waals surface area contributed by atoms with Crippen LogP contribution in [0.2, 0.25) is 0 Å². The number of hydrogen-bond donors (Lipinski definition) is 0. The largest absolute Gasteiger partial charge is 0.420 e. The van der Waals surface area contributed by atoms with Gasteiger partial charge in [-0.25, -0.2) is 4.79 Å². The third-order valence-electron chi connectivity index (χ3n) is 5.12. The van der Waals surface area contributed by atoms with E-state index in [9.17, 15) is 9.59 Å². The van der Waals surface area contributed by atoms with Gasteiger partial charge in [0, 0.05) is 31.4 Å². The van der Waals surface area contributed by atoms with Gasteiger partial charge in [0.05, 0.1) is 11.1 Å². The minimum Gasteiger partial charge on any atom is -0.408 e. The van der Waals surface area contributed by atoms with Crippen molar-refractivity contribution in [3.63, 3.8) is 0 Å². The Morgan fingerprint density at radius 3 is 2.97 bits per heavy atom. The lowest BCUT2D eigenvalue weighted by Gasteiger charge is -2.15. The lowest BCUT2D eigenvalue weighted by atomic mass is 10.1. The lowest BCUT2D eigenvalue weighted by Crippen LogP contribution is -2.34. The molecule has 1 amide bonds. The molecule has 1 aliphatic rings. The third kappa shape index (κ3) is 3.20. The Morgan fingerprint density at radius 2 is 2.10 bits per heavy atom. The van der Waals surface area contributed by atoms with Crippen molar-refractivity contribution in [2.75, 3.05) is 13.1 Å². The van der Waals surface area contributed by atoms with E-state index in [1.807, 2.05) is 6.07 Å². The molecule has 0 N–H and O–H groups in total. The Kier molecular flexibility index (Phi) is 4.19. The Balaban J connectivity index is 1.29. The zero-order valence-electron chi connectivity index (χ0n) is 15.4. The van der Waals surface area contributed by atoms with E-state index >= 15 is 0 Å². The van der Waals surface area contributed by atoms with E-state index in [1.54, 1.807) is 47.6 Å². The molecule has 4 heterocycles.